The molecule has 166 valence electrons. The van der Waals surface area contributed by atoms with E-state index in [9.17, 15) is 18.4 Å². The second kappa shape index (κ2) is 9.56. The lowest BCUT2D eigenvalue weighted by Crippen LogP contribution is -2.38. The van der Waals surface area contributed by atoms with E-state index in [1.165, 1.54) is 11.0 Å². The van der Waals surface area contributed by atoms with Gasteiger partial charge in [-0.3, -0.25) is 9.59 Å². The van der Waals surface area contributed by atoms with Gasteiger partial charge in [0.1, 0.15) is 23.9 Å². The highest BCUT2D eigenvalue weighted by Gasteiger charge is 2.22. The molecule has 1 aromatic heterocycles. The van der Waals surface area contributed by atoms with Crippen molar-refractivity contribution in [3.63, 3.8) is 0 Å². The molecular weight excluding hydrogens is 424 g/mol. The van der Waals surface area contributed by atoms with E-state index >= 15 is 0 Å². The molecule has 4 aromatic rings. The van der Waals surface area contributed by atoms with Crippen molar-refractivity contribution in [2.24, 2.45) is 0 Å². The standard InChI is InChI=1S/C26H21F2N3O2/c1-2-31(16-24(32)30-25-20(27)12-8-13-21(25)28)26(33)19-15-23(17-9-4-3-5-10-17)29-22-14-7-6-11-18(19)22/h3-15H,2,16H2,1H3,(H,30,32). The molecule has 0 spiro atoms. The zero-order valence-electron chi connectivity index (χ0n) is 17.9. The van der Waals surface area contributed by atoms with E-state index in [1.807, 2.05) is 48.5 Å². The molecule has 7 heteroatoms. The monoisotopic (exact) mass is 445 g/mol. The van der Waals surface area contributed by atoms with Crippen LogP contribution in [0, 0.1) is 11.6 Å². The lowest BCUT2D eigenvalue weighted by Gasteiger charge is -2.22. The van der Waals surface area contributed by atoms with Gasteiger partial charge < -0.3 is 10.2 Å². The van der Waals surface area contributed by atoms with Crippen LogP contribution in [0.2, 0.25) is 0 Å². The van der Waals surface area contributed by atoms with Crippen LogP contribution in [0.1, 0.15) is 17.3 Å². The number of aromatic nitrogens is 1. The molecular formula is C26H21F2N3O2. The molecule has 0 aliphatic carbocycles. The molecule has 0 saturated carbocycles. The van der Waals surface area contributed by atoms with Crippen molar-refractivity contribution in [1.29, 1.82) is 0 Å². The van der Waals surface area contributed by atoms with Crippen molar-refractivity contribution in [3.8, 4) is 11.3 Å². The van der Waals surface area contributed by atoms with Crippen molar-refractivity contribution >= 4 is 28.4 Å². The summed E-state index contributed by atoms with van der Waals surface area (Å²) in [6, 6.07) is 21.8. The number of carbonyl (C=O) groups is 2. The normalized spacial score (nSPS) is 10.8. The molecule has 1 N–H and O–H groups in total. The summed E-state index contributed by atoms with van der Waals surface area (Å²) >= 11 is 0. The van der Waals surface area contributed by atoms with Gasteiger partial charge in [-0.25, -0.2) is 13.8 Å². The molecule has 0 saturated heterocycles. The van der Waals surface area contributed by atoms with Gasteiger partial charge in [-0.15, -0.1) is 0 Å². The molecule has 2 amide bonds. The zero-order chi connectivity index (χ0) is 23.4. The Kier molecular flexibility index (Phi) is 6.40. The Bertz CT molecular complexity index is 1310. The van der Waals surface area contributed by atoms with E-state index in [0.29, 0.717) is 22.2 Å². The molecule has 0 radical (unpaired) electrons. The predicted molar refractivity (Wildman–Crippen MR) is 124 cm³/mol. The zero-order valence-corrected chi connectivity index (χ0v) is 17.9. The van der Waals surface area contributed by atoms with Gasteiger partial charge in [0.15, 0.2) is 0 Å². The Morgan fingerprint density at radius 3 is 2.27 bits per heavy atom. The van der Waals surface area contributed by atoms with E-state index in [1.54, 1.807) is 19.1 Å². The number of fused-ring (bicyclic) bond motifs is 1. The molecule has 3 aromatic carbocycles. The predicted octanol–water partition coefficient (Wildman–Crippen LogP) is 5.28. The minimum Gasteiger partial charge on any atom is -0.330 e. The number of benzene rings is 3. The Hall–Kier alpha value is -4.13. The number of hydrogen-bond acceptors (Lipinski definition) is 3. The molecule has 0 unspecified atom stereocenters. The van der Waals surface area contributed by atoms with Crippen LogP contribution < -0.4 is 5.32 Å². The molecule has 5 nitrogen and oxygen atoms in total. The van der Waals surface area contributed by atoms with Crippen LogP contribution in [0.5, 0.6) is 0 Å². The van der Waals surface area contributed by atoms with E-state index in [-0.39, 0.29) is 19.0 Å². The number of anilines is 1. The summed E-state index contributed by atoms with van der Waals surface area (Å²) in [6.45, 7) is 1.60. The van der Waals surface area contributed by atoms with E-state index in [4.69, 9.17) is 0 Å². The largest absolute Gasteiger partial charge is 0.330 e. The van der Waals surface area contributed by atoms with Crippen molar-refractivity contribution in [2.45, 2.75) is 6.92 Å². The first-order chi connectivity index (χ1) is 16.0. The van der Waals surface area contributed by atoms with Gasteiger partial charge in [-0.2, -0.15) is 0 Å². The smallest absolute Gasteiger partial charge is 0.255 e. The third kappa shape index (κ3) is 4.72. The van der Waals surface area contributed by atoms with Crippen molar-refractivity contribution in [1.82, 2.24) is 9.88 Å². The maximum absolute atomic E-state index is 13.9. The molecule has 4 rings (SSSR count). The van der Waals surface area contributed by atoms with Gasteiger partial charge in [0.2, 0.25) is 5.91 Å². The average molecular weight is 445 g/mol. The second-order valence-electron chi connectivity index (χ2n) is 7.40. The number of nitrogens with zero attached hydrogens (tertiary/aromatic N) is 2. The molecule has 0 atom stereocenters. The molecule has 0 aliphatic heterocycles. The number of amides is 2. The SMILES string of the molecule is CCN(CC(=O)Nc1c(F)cccc1F)C(=O)c1cc(-c2ccccc2)nc2ccccc12. The fourth-order valence-electron chi connectivity index (χ4n) is 3.58. The molecule has 0 aliphatic rings. The highest BCUT2D eigenvalue weighted by atomic mass is 19.1. The molecule has 0 fully saturated rings. The van der Waals surface area contributed by atoms with Crippen LogP contribution in [0.4, 0.5) is 14.5 Å². The first-order valence-corrected chi connectivity index (χ1v) is 10.5. The highest BCUT2D eigenvalue weighted by molar-refractivity contribution is 6.08. The second-order valence-corrected chi connectivity index (χ2v) is 7.40. The summed E-state index contributed by atoms with van der Waals surface area (Å²) in [7, 11) is 0. The van der Waals surface area contributed by atoms with Crippen molar-refractivity contribution in [3.05, 3.63) is 96.1 Å². The number of halogens is 2. The highest BCUT2D eigenvalue weighted by Crippen LogP contribution is 2.26. The number of rotatable bonds is 6. The maximum atomic E-state index is 13.9. The minimum absolute atomic E-state index is 0.226. The Morgan fingerprint density at radius 1 is 0.909 bits per heavy atom. The number of pyridine rings is 1. The summed E-state index contributed by atoms with van der Waals surface area (Å²) in [5.41, 5.74) is 1.99. The van der Waals surface area contributed by atoms with Crippen LogP contribution in [0.3, 0.4) is 0 Å². The van der Waals surface area contributed by atoms with Crippen LogP contribution >= 0.6 is 0 Å². The van der Waals surface area contributed by atoms with Crippen LogP contribution in [-0.2, 0) is 4.79 Å². The average Bonchev–Trinajstić information content (AvgIpc) is 2.84. The maximum Gasteiger partial charge on any atom is 0.255 e. The van der Waals surface area contributed by atoms with Crippen molar-refractivity contribution in [2.75, 3.05) is 18.4 Å². The first-order valence-electron chi connectivity index (χ1n) is 10.5. The summed E-state index contributed by atoms with van der Waals surface area (Å²) in [6.07, 6.45) is 0. The first kappa shape index (κ1) is 22.1. The molecule has 33 heavy (non-hydrogen) atoms. The number of nitrogens with one attached hydrogen (secondary N) is 1. The molecule has 1 heterocycles. The third-order valence-corrected chi connectivity index (χ3v) is 5.25. The number of likely N-dealkylation sites (N-methyl/N-ethyl adjacent to an activating group) is 1. The Labute approximate surface area is 189 Å². The van der Waals surface area contributed by atoms with Gasteiger partial charge in [0.25, 0.3) is 5.91 Å². The fourth-order valence-corrected chi connectivity index (χ4v) is 3.58. The Morgan fingerprint density at radius 2 is 1.58 bits per heavy atom. The number of carbonyl (C=O) groups excluding carboxylic acids is 2. The van der Waals surface area contributed by atoms with E-state index in [0.717, 1.165) is 17.7 Å². The number of para-hydroxylation sites is 2. The van der Waals surface area contributed by atoms with E-state index < -0.39 is 23.2 Å². The molecule has 0 bridgehead atoms. The van der Waals surface area contributed by atoms with Crippen molar-refractivity contribution < 1.29 is 18.4 Å². The lowest BCUT2D eigenvalue weighted by atomic mass is 10.0. The van der Waals surface area contributed by atoms with Gasteiger partial charge in [0.05, 0.1) is 16.8 Å². The number of hydrogen-bond donors (Lipinski definition) is 1. The van der Waals surface area contributed by atoms with Gasteiger partial charge in [-0.1, -0.05) is 54.6 Å². The van der Waals surface area contributed by atoms with Crippen LogP contribution in [0.15, 0.2) is 78.9 Å². The van der Waals surface area contributed by atoms with E-state index in [2.05, 4.69) is 10.3 Å². The third-order valence-electron chi connectivity index (χ3n) is 5.25. The summed E-state index contributed by atoms with van der Waals surface area (Å²) in [4.78, 5) is 32.0. The lowest BCUT2D eigenvalue weighted by molar-refractivity contribution is -0.116. The van der Waals surface area contributed by atoms with Gasteiger partial charge in [-0.05, 0) is 31.2 Å². The summed E-state index contributed by atoms with van der Waals surface area (Å²) < 4.78 is 27.8. The quantitative estimate of drug-likeness (QED) is 0.439. The fraction of sp³-hybridized carbons (Fsp3) is 0.115. The topological polar surface area (TPSA) is 62.3 Å². The van der Waals surface area contributed by atoms with Crippen LogP contribution in [-0.4, -0.2) is 34.8 Å². The van der Waals surface area contributed by atoms with Gasteiger partial charge in [0, 0.05) is 17.5 Å². The van der Waals surface area contributed by atoms with Gasteiger partial charge >= 0.3 is 0 Å². The summed E-state index contributed by atoms with van der Waals surface area (Å²) in [5, 5.41) is 2.88. The van der Waals surface area contributed by atoms with Crippen LogP contribution in [0.25, 0.3) is 22.2 Å². The summed E-state index contributed by atoms with van der Waals surface area (Å²) in [5.74, 6) is -2.84. The minimum atomic E-state index is -0.884. The Balaban J connectivity index is 1.65.